The van der Waals surface area contributed by atoms with E-state index < -0.39 is 0 Å². The first-order chi connectivity index (χ1) is 9.76. The molecule has 20 heavy (non-hydrogen) atoms. The molecule has 0 spiro atoms. The number of nitrogens with two attached hydrogens (primary N) is 1. The zero-order chi connectivity index (χ0) is 14.8. The van der Waals surface area contributed by atoms with Crippen LogP contribution in [0.4, 0.5) is 5.13 Å². The molecule has 0 aliphatic carbocycles. The minimum atomic E-state index is 0.561. The van der Waals surface area contributed by atoms with Gasteiger partial charge in [-0.1, -0.05) is 6.92 Å². The van der Waals surface area contributed by atoms with Crippen LogP contribution < -0.4 is 10.6 Å². The van der Waals surface area contributed by atoms with Crippen LogP contribution in [0, 0.1) is 0 Å². The van der Waals surface area contributed by atoms with E-state index >= 15 is 0 Å². The molecule has 0 amide bonds. The molecule has 0 atom stereocenters. The molecule has 0 saturated heterocycles. The lowest BCUT2D eigenvalue weighted by Gasteiger charge is -2.21. The summed E-state index contributed by atoms with van der Waals surface area (Å²) in [5, 5.41) is 1.03. The SMILES string of the molecule is CCOCCN(CCOCC)c1nc(CC)c(CN)s1. The molecular formula is C14H27N3O2S. The monoisotopic (exact) mass is 301 g/mol. The van der Waals surface area contributed by atoms with Gasteiger partial charge in [0, 0.05) is 37.7 Å². The Kier molecular flexibility index (Phi) is 8.77. The number of aryl methyl sites for hydroxylation is 1. The van der Waals surface area contributed by atoms with E-state index in [1.807, 2.05) is 13.8 Å². The predicted octanol–water partition coefficient (Wildman–Crippen LogP) is 2.04. The summed E-state index contributed by atoms with van der Waals surface area (Å²) in [5.74, 6) is 0. The smallest absolute Gasteiger partial charge is 0.185 e. The van der Waals surface area contributed by atoms with Crippen LogP contribution in [0.1, 0.15) is 31.3 Å². The molecule has 1 aromatic rings. The van der Waals surface area contributed by atoms with Gasteiger partial charge in [0.05, 0.1) is 18.9 Å². The molecule has 1 rings (SSSR count). The van der Waals surface area contributed by atoms with Crippen molar-refractivity contribution >= 4 is 16.5 Å². The van der Waals surface area contributed by atoms with E-state index in [1.165, 1.54) is 4.88 Å². The number of hydrogen-bond donors (Lipinski definition) is 1. The van der Waals surface area contributed by atoms with Gasteiger partial charge in [0.2, 0.25) is 0 Å². The van der Waals surface area contributed by atoms with Gasteiger partial charge in [-0.25, -0.2) is 4.98 Å². The summed E-state index contributed by atoms with van der Waals surface area (Å²) in [4.78, 5) is 8.12. The highest BCUT2D eigenvalue weighted by molar-refractivity contribution is 7.15. The van der Waals surface area contributed by atoms with Crippen molar-refractivity contribution in [1.29, 1.82) is 0 Å². The first-order valence-corrected chi connectivity index (χ1v) is 8.17. The van der Waals surface area contributed by atoms with Crippen LogP contribution in [0.3, 0.4) is 0 Å². The molecule has 6 heteroatoms. The lowest BCUT2D eigenvalue weighted by Crippen LogP contribution is -2.31. The van der Waals surface area contributed by atoms with E-state index in [2.05, 4.69) is 11.8 Å². The molecule has 0 saturated carbocycles. The maximum atomic E-state index is 5.79. The fourth-order valence-electron chi connectivity index (χ4n) is 1.88. The third-order valence-electron chi connectivity index (χ3n) is 2.98. The average Bonchev–Trinajstić information content (AvgIpc) is 2.89. The van der Waals surface area contributed by atoms with Gasteiger partial charge in [-0.3, -0.25) is 0 Å². The first-order valence-electron chi connectivity index (χ1n) is 7.35. The highest BCUT2D eigenvalue weighted by Crippen LogP contribution is 2.26. The van der Waals surface area contributed by atoms with Gasteiger partial charge in [-0.15, -0.1) is 11.3 Å². The van der Waals surface area contributed by atoms with Gasteiger partial charge < -0.3 is 20.1 Å². The van der Waals surface area contributed by atoms with Crippen molar-refractivity contribution in [2.45, 2.75) is 33.7 Å². The minimum absolute atomic E-state index is 0.561. The standard InChI is InChI=1S/C14H27N3O2S/c1-4-12-13(11-15)20-14(16-12)17(7-9-18-5-2)8-10-19-6-3/h4-11,15H2,1-3H3. The molecule has 0 aliphatic rings. The van der Waals surface area contributed by atoms with E-state index in [-0.39, 0.29) is 0 Å². The Bertz CT molecular complexity index is 340. The fraction of sp³-hybridized carbons (Fsp3) is 0.786. The van der Waals surface area contributed by atoms with Crippen LogP contribution in [0.25, 0.3) is 0 Å². The summed E-state index contributed by atoms with van der Waals surface area (Å²) in [6, 6.07) is 0. The van der Waals surface area contributed by atoms with Crippen molar-refractivity contribution < 1.29 is 9.47 Å². The topological polar surface area (TPSA) is 60.6 Å². The predicted molar refractivity (Wildman–Crippen MR) is 84.6 cm³/mol. The summed E-state index contributed by atoms with van der Waals surface area (Å²) < 4.78 is 10.9. The zero-order valence-corrected chi connectivity index (χ0v) is 13.7. The summed E-state index contributed by atoms with van der Waals surface area (Å²) in [5.41, 5.74) is 6.90. The quantitative estimate of drug-likeness (QED) is 0.634. The Hall–Kier alpha value is -0.690. The van der Waals surface area contributed by atoms with Crippen LogP contribution in [0.5, 0.6) is 0 Å². The zero-order valence-electron chi connectivity index (χ0n) is 12.9. The largest absolute Gasteiger partial charge is 0.380 e. The number of ether oxygens (including phenoxy) is 2. The first kappa shape index (κ1) is 17.4. The van der Waals surface area contributed by atoms with Crippen molar-refractivity contribution in [1.82, 2.24) is 4.98 Å². The molecule has 116 valence electrons. The highest BCUT2D eigenvalue weighted by Gasteiger charge is 2.14. The van der Waals surface area contributed by atoms with E-state index in [0.717, 1.165) is 43.5 Å². The molecule has 0 unspecified atom stereocenters. The Morgan fingerprint density at radius 2 is 1.70 bits per heavy atom. The number of nitrogens with zero attached hydrogens (tertiary/aromatic N) is 2. The number of thiazole rings is 1. The van der Waals surface area contributed by atoms with Crippen LogP contribution >= 0.6 is 11.3 Å². The maximum Gasteiger partial charge on any atom is 0.185 e. The van der Waals surface area contributed by atoms with Crippen molar-refractivity contribution in [3.05, 3.63) is 10.6 Å². The summed E-state index contributed by atoms with van der Waals surface area (Å²) in [6.45, 7) is 11.3. The van der Waals surface area contributed by atoms with E-state index in [9.17, 15) is 0 Å². The third kappa shape index (κ3) is 5.36. The number of anilines is 1. The molecule has 1 aromatic heterocycles. The molecule has 0 radical (unpaired) electrons. The highest BCUT2D eigenvalue weighted by atomic mass is 32.1. The van der Waals surface area contributed by atoms with Crippen molar-refractivity contribution in [2.75, 3.05) is 44.4 Å². The van der Waals surface area contributed by atoms with E-state index in [0.29, 0.717) is 19.8 Å². The number of aromatic nitrogens is 1. The molecule has 2 N–H and O–H groups in total. The molecular weight excluding hydrogens is 274 g/mol. The van der Waals surface area contributed by atoms with Gasteiger partial charge in [-0.2, -0.15) is 0 Å². The number of hydrogen-bond acceptors (Lipinski definition) is 6. The molecule has 5 nitrogen and oxygen atoms in total. The van der Waals surface area contributed by atoms with Crippen molar-refractivity contribution in [3.63, 3.8) is 0 Å². The summed E-state index contributed by atoms with van der Waals surface area (Å²) in [6.07, 6.45) is 0.924. The second-order valence-electron chi connectivity index (χ2n) is 4.30. The lowest BCUT2D eigenvalue weighted by atomic mass is 10.3. The van der Waals surface area contributed by atoms with Crippen molar-refractivity contribution in [2.24, 2.45) is 5.73 Å². The Morgan fingerprint density at radius 1 is 1.10 bits per heavy atom. The summed E-state index contributed by atoms with van der Waals surface area (Å²) >= 11 is 1.69. The summed E-state index contributed by atoms with van der Waals surface area (Å²) in [7, 11) is 0. The van der Waals surface area contributed by atoms with Gasteiger partial charge in [0.15, 0.2) is 5.13 Å². The van der Waals surface area contributed by atoms with Crippen LogP contribution in [-0.4, -0.2) is 44.5 Å². The Morgan fingerprint density at radius 3 is 2.10 bits per heavy atom. The van der Waals surface area contributed by atoms with Gasteiger partial charge >= 0.3 is 0 Å². The second kappa shape index (κ2) is 10.1. The fourth-order valence-corrected chi connectivity index (χ4v) is 2.96. The van der Waals surface area contributed by atoms with Gasteiger partial charge in [0.1, 0.15) is 0 Å². The maximum absolute atomic E-state index is 5.79. The lowest BCUT2D eigenvalue weighted by molar-refractivity contribution is 0.141. The average molecular weight is 301 g/mol. The van der Waals surface area contributed by atoms with Crippen LogP contribution in [0.2, 0.25) is 0 Å². The molecule has 0 aromatic carbocycles. The van der Waals surface area contributed by atoms with E-state index in [1.54, 1.807) is 11.3 Å². The van der Waals surface area contributed by atoms with Gasteiger partial charge in [0.25, 0.3) is 0 Å². The normalized spacial score (nSPS) is 11.0. The molecule has 0 bridgehead atoms. The Labute approximate surface area is 126 Å². The Balaban J connectivity index is 2.71. The van der Waals surface area contributed by atoms with Gasteiger partial charge in [-0.05, 0) is 20.3 Å². The van der Waals surface area contributed by atoms with Crippen molar-refractivity contribution in [3.8, 4) is 0 Å². The second-order valence-corrected chi connectivity index (χ2v) is 5.37. The molecule has 0 aliphatic heterocycles. The molecule has 0 fully saturated rings. The molecule has 1 heterocycles. The number of rotatable bonds is 11. The van der Waals surface area contributed by atoms with E-state index in [4.69, 9.17) is 20.2 Å². The third-order valence-corrected chi connectivity index (χ3v) is 4.16. The van der Waals surface area contributed by atoms with Crippen LogP contribution in [-0.2, 0) is 22.4 Å². The van der Waals surface area contributed by atoms with Crippen LogP contribution in [0.15, 0.2) is 0 Å². The minimum Gasteiger partial charge on any atom is -0.380 e.